The minimum absolute atomic E-state index is 0.279. The molecule has 0 rings (SSSR count). The van der Waals surface area contributed by atoms with E-state index in [0.29, 0.717) is 0 Å². The SMILES string of the molecule is C=C(C)C(=O)NCC(=O)[O-]. The van der Waals surface area contributed by atoms with Gasteiger partial charge in [0.05, 0.1) is 12.5 Å². The molecule has 0 saturated carbocycles. The highest BCUT2D eigenvalue weighted by Crippen LogP contribution is 1.83. The van der Waals surface area contributed by atoms with E-state index in [0.717, 1.165) is 0 Å². The van der Waals surface area contributed by atoms with Crippen LogP contribution < -0.4 is 10.4 Å². The highest BCUT2D eigenvalue weighted by molar-refractivity contribution is 5.93. The molecule has 0 radical (unpaired) electrons. The van der Waals surface area contributed by atoms with Crippen molar-refractivity contribution in [3.05, 3.63) is 12.2 Å². The lowest BCUT2D eigenvalue weighted by molar-refractivity contribution is -0.303. The van der Waals surface area contributed by atoms with Gasteiger partial charge in [-0.25, -0.2) is 0 Å². The molecule has 10 heavy (non-hydrogen) atoms. The fourth-order valence-electron chi connectivity index (χ4n) is 0.303. The second-order valence-electron chi connectivity index (χ2n) is 1.84. The second kappa shape index (κ2) is 3.66. The normalized spacial score (nSPS) is 8.50. The minimum Gasteiger partial charge on any atom is -0.548 e. The molecule has 0 aromatic carbocycles. The molecule has 4 heteroatoms. The molecule has 0 atom stereocenters. The number of carboxylic acids is 1. The largest absolute Gasteiger partial charge is 0.548 e. The lowest BCUT2D eigenvalue weighted by Crippen LogP contribution is -2.37. The number of carbonyl (C=O) groups excluding carboxylic acids is 2. The van der Waals surface area contributed by atoms with Crippen LogP contribution in [0.4, 0.5) is 0 Å². The number of hydrogen-bond donors (Lipinski definition) is 1. The van der Waals surface area contributed by atoms with Crippen molar-refractivity contribution in [3.8, 4) is 0 Å². The van der Waals surface area contributed by atoms with E-state index in [4.69, 9.17) is 0 Å². The van der Waals surface area contributed by atoms with Crippen LogP contribution in [0.3, 0.4) is 0 Å². The zero-order chi connectivity index (χ0) is 8.15. The van der Waals surface area contributed by atoms with E-state index in [2.05, 4.69) is 11.9 Å². The summed E-state index contributed by atoms with van der Waals surface area (Å²) in [6, 6.07) is 0. The fraction of sp³-hybridized carbons (Fsp3) is 0.333. The lowest BCUT2D eigenvalue weighted by Gasteiger charge is -2.03. The number of aliphatic carboxylic acids is 1. The van der Waals surface area contributed by atoms with Gasteiger partial charge in [-0.05, 0) is 6.92 Å². The third-order valence-corrected chi connectivity index (χ3v) is 0.781. The number of carbonyl (C=O) groups is 2. The number of rotatable bonds is 3. The molecule has 4 nitrogen and oxygen atoms in total. The summed E-state index contributed by atoms with van der Waals surface area (Å²) < 4.78 is 0. The van der Waals surface area contributed by atoms with E-state index in [1.807, 2.05) is 0 Å². The smallest absolute Gasteiger partial charge is 0.246 e. The Morgan fingerprint density at radius 3 is 2.40 bits per heavy atom. The first kappa shape index (κ1) is 8.68. The van der Waals surface area contributed by atoms with Gasteiger partial charge in [-0.1, -0.05) is 6.58 Å². The van der Waals surface area contributed by atoms with Gasteiger partial charge in [-0.2, -0.15) is 0 Å². The maximum Gasteiger partial charge on any atom is 0.246 e. The molecule has 56 valence electrons. The highest BCUT2D eigenvalue weighted by atomic mass is 16.4. The molecule has 0 aromatic heterocycles. The first-order valence-electron chi connectivity index (χ1n) is 2.67. The Hall–Kier alpha value is -1.32. The predicted octanol–water partition coefficient (Wildman–Crippen LogP) is -1.57. The summed E-state index contributed by atoms with van der Waals surface area (Å²) in [4.78, 5) is 20.3. The van der Waals surface area contributed by atoms with Gasteiger partial charge in [-0.15, -0.1) is 0 Å². The molecule has 0 spiro atoms. The molecule has 1 N–H and O–H groups in total. The molecular formula is C6H8NO3-. The quantitative estimate of drug-likeness (QED) is 0.484. The third kappa shape index (κ3) is 3.65. The average molecular weight is 142 g/mol. The molecule has 0 unspecified atom stereocenters. The monoisotopic (exact) mass is 142 g/mol. The van der Waals surface area contributed by atoms with Gasteiger partial charge >= 0.3 is 0 Å². The van der Waals surface area contributed by atoms with Gasteiger partial charge in [0, 0.05) is 5.57 Å². The van der Waals surface area contributed by atoms with Gasteiger partial charge in [0.25, 0.3) is 0 Å². The molecule has 0 saturated heterocycles. The maximum absolute atomic E-state index is 10.5. The van der Waals surface area contributed by atoms with Gasteiger partial charge in [-0.3, -0.25) is 4.79 Å². The molecule has 0 aliphatic carbocycles. The number of carboxylic acid groups (broad SMARTS) is 1. The van der Waals surface area contributed by atoms with Crippen LogP contribution in [0, 0.1) is 0 Å². The van der Waals surface area contributed by atoms with E-state index in [1.165, 1.54) is 6.92 Å². The zero-order valence-corrected chi connectivity index (χ0v) is 5.64. The Morgan fingerprint density at radius 2 is 2.10 bits per heavy atom. The molecule has 0 fully saturated rings. The van der Waals surface area contributed by atoms with Crippen molar-refractivity contribution in [2.24, 2.45) is 0 Å². The number of amides is 1. The van der Waals surface area contributed by atoms with Crippen LogP contribution in [-0.4, -0.2) is 18.4 Å². The van der Waals surface area contributed by atoms with Gasteiger partial charge in [0.1, 0.15) is 0 Å². The van der Waals surface area contributed by atoms with E-state index < -0.39 is 18.4 Å². The first-order chi connectivity index (χ1) is 4.54. The Balaban J connectivity index is 3.60. The number of hydrogen-bond acceptors (Lipinski definition) is 3. The molecular weight excluding hydrogens is 134 g/mol. The summed E-state index contributed by atoms with van der Waals surface area (Å²) in [7, 11) is 0. The molecule has 1 amide bonds. The van der Waals surface area contributed by atoms with Crippen LogP contribution in [0.25, 0.3) is 0 Å². The predicted molar refractivity (Wildman–Crippen MR) is 32.8 cm³/mol. The Labute approximate surface area is 58.5 Å². The molecule has 0 bridgehead atoms. The molecule has 0 aliphatic heterocycles. The summed E-state index contributed by atoms with van der Waals surface area (Å²) >= 11 is 0. The van der Waals surface area contributed by atoms with E-state index >= 15 is 0 Å². The van der Waals surface area contributed by atoms with E-state index in [-0.39, 0.29) is 5.57 Å². The van der Waals surface area contributed by atoms with Crippen LogP contribution in [0.5, 0.6) is 0 Å². The summed E-state index contributed by atoms with van der Waals surface area (Å²) in [5.41, 5.74) is 0.279. The van der Waals surface area contributed by atoms with Crippen molar-refractivity contribution >= 4 is 11.9 Å². The first-order valence-corrected chi connectivity index (χ1v) is 2.67. The Bertz CT molecular complexity index is 174. The van der Waals surface area contributed by atoms with Gasteiger partial charge in [0.15, 0.2) is 0 Å². The summed E-state index contributed by atoms with van der Waals surface area (Å²) in [6.07, 6.45) is 0. The second-order valence-corrected chi connectivity index (χ2v) is 1.84. The van der Waals surface area contributed by atoms with E-state index in [1.54, 1.807) is 0 Å². The highest BCUT2D eigenvalue weighted by Gasteiger charge is 1.98. The van der Waals surface area contributed by atoms with Crippen LogP contribution in [0.2, 0.25) is 0 Å². The lowest BCUT2D eigenvalue weighted by atomic mass is 10.3. The Morgan fingerprint density at radius 1 is 1.60 bits per heavy atom. The van der Waals surface area contributed by atoms with Crippen molar-refractivity contribution < 1.29 is 14.7 Å². The van der Waals surface area contributed by atoms with Crippen molar-refractivity contribution in [3.63, 3.8) is 0 Å². The molecule has 0 heterocycles. The summed E-state index contributed by atoms with van der Waals surface area (Å²) in [5.74, 6) is -1.78. The van der Waals surface area contributed by atoms with Gasteiger partial charge in [0.2, 0.25) is 5.91 Å². The zero-order valence-electron chi connectivity index (χ0n) is 5.64. The van der Waals surface area contributed by atoms with Crippen molar-refractivity contribution in [1.82, 2.24) is 5.32 Å². The average Bonchev–Trinajstić information content (AvgIpc) is 1.82. The minimum atomic E-state index is -1.31. The topological polar surface area (TPSA) is 69.2 Å². The fourth-order valence-corrected chi connectivity index (χ4v) is 0.303. The summed E-state index contributed by atoms with van der Waals surface area (Å²) in [5, 5.41) is 11.9. The third-order valence-electron chi connectivity index (χ3n) is 0.781. The molecule has 0 aromatic rings. The summed E-state index contributed by atoms with van der Waals surface area (Å²) in [6.45, 7) is 4.33. The Kier molecular flexibility index (Phi) is 3.17. The van der Waals surface area contributed by atoms with E-state index in [9.17, 15) is 14.7 Å². The van der Waals surface area contributed by atoms with Gasteiger partial charge < -0.3 is 15.2 Å². The van der Waals surface area contributed by atoms with Crippen LogP contribution in [0.15, 0.2) is 12.2 Å². The number of nitrogens with one attached hydrogen (secondary N) is 1. The standard InChI is InChI=1S/C6H9NO3/c1-4(2)6(10)7-3-5(8)9/h1,3H2,2H3,(H,7,10)(H,8,9)/p-1. The van der Waals surface area contributed by atoms with Crippen LogP contribution >= 0.6 is 0 Å². The molecule has 0 aliphatic rings. The van der Waals surface area contributed by atoms with Crippen molar-refractivity contribution in [2.75, 3.05) is 6.54 Å². The van der Waals surface area contributed by atoms with Crippen molar-refractivity contribution in [1.29, 1.82) is 0 Å². The maximum atomic E-state index is 10.5. The van der Waals surface area contributed by atoms with Crippen molar-refractivity contribution in [2.45, 2.75) is 6.92 Å². The van der Waals surface area contributed by atoms with Crippen LogP contribution in [0.1, 0.15) is 6.92 Å². The van der Waals surface area contributed by atoms with Crippen LogP contribution in [-0.2, 0) is 9.59 Å².